The molecular weight excluding hydrogens is 626 g/mol. The number of thioether (sulfide) groups is 1. The van der Waals surface area contributed by atoms with Crippen LogP contribution in [0.15, 0.2) is 30.5 Å². The van der Waals surface area contributed by atoms with Crippen molar-refractivity contribution in [2.45, 2.75) is 62.3 Å². The fraction of sp³-hybridized carbons (Fsp3) is 0.464. The van der Waals surface area contributed by atoms with Gasteiger partial charge in [-0.25, -0.2) is 4.79 Å². The largest absolute Gasteiger partial charge is 0.481 e. The number of rotatable bonds is 20. The number of aliphatic hydroxyl groups is 1. The van der Waals surface area contributed by atoms with Crippen LogP contribution in [0.25, 0.3) is 10.9 Å². The summed E-state index contributed by atoms with van der Waals surface area (Å²) >= 11 is 1.32. The highest BCUT2D eigenvalue weighted by atomic mass is 32.2. The van der Waals surface area contributed by atoms with E-state index < -0.39 is 97.6 Å². The predicted molar refractivity (Wildman–Crippen MR) is 166 cm³/mol. The molecule has 0 aliphatic carbocycles. The highest BCUT2D eigenvalue weighted by molar-refractivity contribution is 7.98. The van der Waals surface area contributed by atoms with Crippen molar-refractivity contribution in [1.82, 2.24) is 26.3 Å². The van der Waals surface area contributed by atoms with Gasteiger partial charge in [-0.3, -0.25) is 28.8 Å². The van der Waals surface area contributed by atoms with E-state index in [0.29, 0.717) is 11.3 Å². The lowest BCUT2D eigenvalue weighted by molar-refractivity contribution is -0.143. The van der Waals surface area contributed by atoms with Gasteiger partial charge in [0.05, 0.1) is 13.0 Å². The van der Waals surface area contributed by atoms with Crippen LogP contribution in [0.3, 0.4) is 0 Å². The van der Waals surface area contributed by atoms with Gasteiger partial charge in [0.2, 0.25) is 29.5 Å². The molecule has 0 fully saturated rings. The summed E-state index contributed by atoms with van der Waals surface area (Å²) in [5.74, 6) is -7.10. The third-order valence-corrected chi connectivity index (χ3v) is 7.45. The Labute approximate surface area is 267 Å². The molecule has 0 spiro atoms. The number of carbonyl (C=O) groups excluding carboxylic acids is 5. The number of nitrogens with one attached hydrogen (secondary N) is 5. The molecule has 252 valence electrons. The quantitative estimate of drug-likeness (QED) is 0.0705. The van der Waals surface area contributed by atoms with E-state index in [1.54, 1.807) is 36.7 Å². The van der Waals surface area contributed by atoms with Gasteiger partial charge in [-0.05, 0) is 36.5 Å². The first-order valence-corrected chi connectivity index (χ1v) is 15.5. The van der Waals surface area contributed by atoms with Crippen LogP contribution in [0, 0.1) is 0 Å². The predicted octanol–water partition coefficient (Wildman–Crippen LogP) is -2.45. The summed E-state index contributed by atoms with van der Waals surface area (Å²) in [6.07, 6.45) is 1.62. The number of primary amides is 1. The number of carboxylic acid groups (broad SMARTS) is 2. The van der Waals surface area contributed by atoms with Crippen molar-refractivity contribution in [3.8, 4) is 0 Å². The molecule has 0 unspecified atom stereocenters. The molecule has 12 N–H and O–H groups in total. The Bertz CT molecular complexity index is 1420. The topological polar surface area (TPSA) is 296 Å². The zero-order valence-corrected chi connectivity index (χ0v) is 25.8. The van der Waals surface area contributed by atoms with E-state index in [4.69, 9.17) is 11.5 Å². The number of benzene rings is 1. The number of aromatic amines is 1. The number of hydrogen-bond donors (Lipinski definition) is 10. The van der Waals surface area contributed by atoms with Crippen LogP contribution in [0.5, 0.6) is 0 Å². The van der Waals surface area contributed by atoms with E-state index in [-0.39, 0.29) is 12.8 Å². The molecule has 1 aromatic carbocycles. The minimum absolute atomic E-state index is 0.0134. The van der Waals surface area contributed by atoms with Crippen LogP contribution in [-0.2, 0) is 40.0 Å². The smallest absolute Gasteiger partial charge is 0.326 e. The Morgan fingerprint density at radius 2 is 1.41 bits per heavy atom. The molecule has 2 rings (SSSR count). The van der Waals surface area contributed by atoms with E-state index in [1.165, 1.54) is 11.8 Å². The van der Waals surface area contributed by atoms with Crippen LogP contribution in [-0.4, -0.2) is 111 Å². The molecule has 0 bridgehead atoms. The Balaban J connectivity index is 2.33. The first kappa shape index (κ1) is 37.5. The lowest BCUT2D eigenvalue weighted by Crippen LogP contribution is -2.59. The number of H-pyrrole nitrogens is 1. The summed E-state index contributed by atoms with van der Waals surface area (Å²) in [6, 6.07) is -0.0274. The third kappa shape index (κ3) is 11.7. The molecule has 0 saturated carbocycles. The van der Waals surface area contributed by atoms with Crippen LogP contribution in [0.1, 0.15) is 31.2 Å². The van der Waals surface area contributed by atoms with Crippen molar-refractivity contribution in [2.24, 2.45) is 11.5 Å². The van der Waals surface area contributed by atoms with Gasteiger partial charge in [0.15, 0.2) is 0 Å². The second kappa shape index (κ2) is 18.3. The summed E-state index contributed by atoms with van der Waals surface area (Å²) in [6.45, 7) is -0.710. The Kier molecular flexibility index (Phi) is 14.9. The number of aliphatic carboxylic acids is 2. The Morgan fingerprint density at radius 3 is 1.98 bits per heavy atom. The minimum atomic E-state index is -1.67. The molecule has 46 heavy (non-hydrogen) atoms. The molecule has 1 heterocycles. The van der Waals surface area contributed by atoms with E-state index in [0.717, 1.165) is 10.9 Å². The summed E-state index contributed by atoms with van der Waals surface area (Å²) in [5.41, 5.74) is 12.1. The van der Waals surface area contributed by atoms with Gasteiger partial charge in [0.1, 0.15) is 30.2 Å². The number of amides is 5. The Hall–Kier alpha value is -4.68. The normalized spacial score (nSPS) is 14.2. The first-order chi connectivity index (χ1) is 21.8. The average molecular weight is 666 g/mol. The number of nitrogens with two attached hydrogens (primary N) is 2. The number of hydrogen-bond acceptors (Lipinski definition) is 10. The van der Waals surface area contributed by atoms with Crippen molar-refractivity contribution in [3.05, 3.63) is 36.0 Å². The third-order valence-electron chi connectivity index (χ3n) is 6.81. The number of carbonyl (C=O) groups is 7. The van der Waals surface area contributed by atoms with Crippen molar-refractivity contribution < 1.29 is 48.9 Å². The fourth-order valence-corrected chi connectivity index (χ4v) is 4.82. The maximum absolute atomic E-state index is 13.6. The molecule has 0 radical (unpaired) electrons. The first-order valence-electron chi connectivity index (χ1n) is 14.1. The lowest BCUT2D eigenvalue weighted by atomic mass is 10.0. The molecule has 18 heteroatoms. The summed E-state index contributed by atoms with van der Waals surface area (Å²) in [5, 5.41) is 38.2. The summed E-state index contributed by atoms with van der Waals surface area (Å²) < 4.78 is 0. The second-order valence-corrected chi connectivity index (χ2v) is 11.3. The summed E-state index contributed by atoms with van der Waals surface area (Å²) in [4.78, 5) is 89.8. The maximum atomic E-state index is 13.6. The number of aliphatic hydroxyl groups excluding tert-OH is 1. The molecule has 17 nitrogen and oxygen atoms in total. The van der Waals surface area contributed by atoms with Crippen LogP contribution < -0.4 is 32.7 Å². The highest BCUT2D eigenvalue weighted by Gasteiger charge is 2.32. The Morgan fingerprint density at radius 1 is 0.848 bits per heavy atom. The van der Waals surface area contributed by atoms with Crippen LogP contribution in [0.2, 0.25) is 0 Å². The molecule has 2 aromatic rings. The lowest BCUT2D eigenvalue weighted by Gasteiger charge is -2.26. The van der Waals surface area contributed by atoms with Gasteiger partial charge in [-0.15, -0.1) is 0 Å². The molecule has 5 amide bonds. The molecule has 0 aliphatic heterocycles. The molecule has 0 saturated heterocycles. The highest BCUT2D eigenvalue weighted by Crippen LogP contribution is 2.19. The average Bonchev–Trinajstić information content (AvgIpc) is 3.41. The second-order valence-electron chi connectivity index (χ2n) is 10.3. The van der Waals surface area contributed by atoms with Crippen molar-refractivity contribution >= 4 is 64.1 Å². The standard InChI is InChI=1S/C28H39N7O10S/c1-46-9-8-19(26(42)35-21(28(44)45)11-22(30)37)33-25(41)18(6-7-23(38)39)32-27(43)20(34-24(40)16(29)13-36)10-14-12-31-17-5-3-2-4-15(14)17/h2-5,12,16,18-21,31,36H,6-11,13,29H2,1H3,(H2,30,37)(H,32,43)(H,33,41)(H,34,40)(H,35,42)(H,38,39)(H,44,45)/t16-,18-,19-,20-,21-/m0/s1. The van der Waals surface area contributed by atoms with Gasteiger partial charge < -0.3 is 53.0 Å². The van der Waals surface area contributed by atoms with Gasteiger partial charge in [0, 0.05) is 29.9 Å². The van der Waals surface area contributed by atoms with E-state index in [9.17, 15) is 48.9 Å². The SMILES string of the molecule is CSCC[C@H](NC(=O)[C@H](CCC(=O)O)NC(=O)[C@H](Cc1c[nH]c2ccccc12)NC(=O)[C@@H](N)CO)C(=O)N[C@@H](CC(N)=O)C(=O)O. The zero-order chi connectivity index (χ0) is 34.4. The van der Waals surface area contributed by atoms with E-state index in [1.807, 2.05) is 0 Å². The fourth-order valence-electron chi connectivity index (χ4n) is 4.35. The van der Waals surface area contributed by atoms with Gasteiger partial charge in [0.25, 0.3) is 0 Å². The molecule has 1 aromatic heterocycles. The van der Waals surface area contributed by atoms with Crippen molar-refractivity contribution in [2.75, 3.05) is 18.6 Å². The van der Waals surface area contributed by atoms with E-state index >= 15 is 0 Å². The van der Waals surface area contributed by atoms with Crippen molar-refractivity contribution in [1.29, 1.82) is 0 Å². The number of para-hydroxylation sites is 1. The van der Waals surface area contributed by atoms with Gasteiger partial charge >= 0.3 is 11.9 Å². The van der Waals surface area contributed by atoms with Crippen LogP contribution >= 0.6 is 11.8 Å². The molecule has 5 atom stereocenters. The van der Waals surface area contributed by atoms with Gasteiger partial charge in [-0.2, -0.15) is 11.8 Å². The minimum Gasteiger partial charge on any atom is -0.481 e. The number of carboxylic acids is 2. The zero-order valence-electron chi connectivity index (χ0n) is 25.0. The maximum Gasteiger partial charge on any atom is 0.326 e. The van der Waals surface area contributed by atoms with Gasteiger partial charge in [-0.1, -0.05) is 18.2 Å². The number of aromatic nitrogens is 1. The molecular formula is C28H39N7O10S. The van der Waals surface area contributed by atoms with E-state index in [2.05, 4.69) is 26.3 Å². The van der Waals surface area contributed by atoms with Crippen LogP contribution in [0.4, 0.5) is 0 Å². The van der Waals surface area contributed by atoms with Crippen molar-refractivity contribution in [3.63, 3.8) is 0 Å². The summed E-state index contributed by atoms with van der Waals surface area (Å²) in [7, 11) is 0. The monoisotopic (exact) mass is 665 g/mol. The molecule has 0 aliphatic rings. The number of fused-ring (bicyclic) bond motifs is 1.